The topological polar surface area (TPSA) is 93.9 Å². The van der Waals surface area contributed by atoms with Gasteiger partial charge in [-0.25, -0.2) is 4.79 Å². The Bertz CT molecular complexity index is 441. The normalized spacial score (nSPS) is 18.7. The highest BCUT2D eigenvalue weighted by atomic mass is 16.4. The maximum absolute atomic E-state index is 10.8. The highest BCUT2D eigenvalue weighted by Crippen LogP contribution is 2.33. The summed E-state index contributed by atoms with van der Waals surface area (Å²) in [5.41, 5.74) is -0.105. The van der Waals surface area contributed by atoms with Crippen LogP contribution < -0.4 is 0 Å². The number of hydrogen-bond donors (Lipinski definition) is 3. The number of aromatic nitrogens is 1. The molecule has 1 aliphatic heterocycles. The van der Waals surface area contributed by atoms with E-state index in [2.05, 4.69) is 4.98 Å². The Morgan fingerprint density at radius 3 is 2.67 bits per heavy atom. The molecule has 2 rings (SSSR count). The fourth-order valence-corrected chi connectivity index (χ4v) is 2.29. The third-order valence-electron chi connectivity index (χ3n) is 3.36. The molecule has 1 fully saturated rings. The van der Waals surface area contributed by atoms with Crippen molar-refractivity contribution in [2.24, 2.45) is 0 Å². The Hall–Kier alpha value is -1.66. The number of carboxylic acid groups (broad SMARTS) is 1. The van der Waals surface area contributed by atoms with E-state index in [0.29, 0.717) is 24.1 Å². The fraction of sp³-hybridized carbons (Fsp3) is 0.500. The van der Waals surface area contributed by atoms with Gasteiger partial charge in [-0.3, -0.25) is 4.98 Å². The van der Waals surface area contributed by atoms with Gasteiger partial charge in [-0.1, -0.05) is 6.07 Å². The standard InChI is InChI=1S/C12H16N2O4/c15-8-9-2-1-5-13-10(9)12(18)3-6-14(7-4-12)11(16)17/h1-2,5,15,18H,3-4,6-8H2,(H,16,17). The molecule has 1 aromatic heterocycles. The van der Waals surface area contributed by atoms with Crippen molar-refractivity contribution in [3.63, 3.8) is 0 Å². The third-order valence-corrected chi connectivity index (χ3v) is 3.36. The summed E-state index contributed by atoms with van der Waals surface area (Å²) in [6, 6.07) is 3.41. The van der Waals surface area contributed by atoms with E-state index in [1.165, 1.54) is 4.90 Å². The van der Waals surface area contributed by atoms with E-state index in [1.54, 1.807) is 18.3 Å². The van der Waals surface area contributed by atoms with Crippen molar-refractivity contribution < 1.29 is 20.1 Å². The molecule has 0 spiro atoms. The predicted molar refractivity (Wildman–Crippen MR) is 62.9 cm³/mol. The number of aliphatic hydroxyl groups is 2. The number of piperidine rings is 1. The number of hydrogen-bond acceptors (Lipinski definition) is 4. The minimum Gasteiger partial charge on any atom is -0.465 e. The maximum Gasteiger partial charge on any atom is 0.407 e. The molecule has 1 aromatic rings. The molecule has 6 nitrogen and oxygen atoms in total. The average molecular weight is 252 g/mol. The molecule has 98 valence electrons. The summed E-state index contributed by atoms with van der Waals surface area (Å²) in [5, 5.41) is 28.7. The number of pyridine rings is 1. The molecule has 0 aliphatic carbocycles. The minimum atomic E-state index is -1.15. The Kier molecular flexibility index (Phi) is 3.49. The summed E-state index contributed by atoms with van der Waals surface area (Å²) in [7, 11) is 0. The smallest absolute Gasteiger partial charge is 0.407 e. The van der Waals surface area contributed by atoms with Crippen LogP contribution >= 0.6 is 0 Å². The molecule has 1 aliphatic rings. The summed E-state index contributed by atoms with van der Waals surface area (Å²) in [6.07, 6.45) is 1.18. The Morgan fingerprint density at radius 1 is 1.44 bits per heavy atom. The summed E-state index contributed by atoms with van der Waals surface area (Å²) in [5.74, 6) is 0. The first kappa shape index (κ1) is 12.8. The highest BCUT2D eigenvalue weighted by Gasteiger charge is 2.37. The molecule has 18 heavy (non-hydrogen) atoms. The number of amides is 1. The molecule has 3 N–H and O–H groups in total. The van der Waals surface area contributed by atoms with Gasteiger partial charge in [0.1, 0.15) is 5.60 Å². The second-order valence-corrected chi connectivity index (χ2v) is 4.47. The van der Waals surface area contributed by atoms with Crippen molar-refractivity contribution in [2.75, 3.05) is 13.1 Å². The van der Waals surface area contributed by atoms with Crippen molar-refractivity contribution in [3.8, 4) is 0 Å². The van der Waals surface area contributed by atoms with E-state index < -0.39 is 11.7 Å². The molecule has 0 unspecified atom stereocenters. The highest BCUT2D eigenvalue weighted by molar-refractivity contribution is 5.65. The zero-order valence-electron chi connectivity index (χ0n) is 9.91. The van der Waals surface area contributed by atoms with Crippen LogP contribution in [-0.2, 0) is 12.2 Å². The largest absolute Gasteiger partial charge is 0.465 e. The summed E-state index contributed by atoms with van der Waals surface area (Å²) < 4.78 is 0. The second kappa shape index (κ2) is 4.91. The van der Waals surface area contributed by atoms with E-state index in [0.717, 1.165) is 0 Å². The molecule has 0 saturated carbocycles. The lowest BCUT2D eigenvalue weighted by Gasteiger charge is -2.37. The van der Waals surface area contributed by atoms with E-state index in [9.17, 15) is 15.0 Å². The van der Waals surface area contributed by atoms with E-state index in [-0.39, 0.29) is 19.7 Å². The first-order valence-electron chi connectivity index (χ1n) is 5.82. The van der Waals surface area contributed by atoms with Crippen LogP contribution in [0, 0.1) is 0 Å². The van der Waals surface area contributed by atoms with Gasteiger partial charge in [-0.2, -0.15) is 0 Å². The predicted octanol–water partition coefficient (Wildman–Crippen LogP) is 0.535. The lowest BCUT2D eigenvalue weighted by Crippen LogP contribution is -2.45. The average Bonchev–Trinajstić information content (AvgIpc) is 2.39. The van der Waals surface area contributed by atoms with Crippen LogP contribution in [0.5, 0.6) is 0 Å². The Morgan fingerprint density at radius 2 is 2.11 bits per heavy atom. The van der Waals surface area contributed by atoms with Gasteiger partial charge in [0.15, 0.2) is 0 Å². The lowest BCUT2D eigenvalue weighted by atomic mass is 9.85. The van der Waals surface area contributed by atoms with Gasteiger partial charge >= 0.3 is 6.09 Å². The van der Waals surface area contributed by atoms with E-state index >= 15 is 0 Å². The fourth-order valence-electron chi connectivity index (χ4n) is 2.29. The van der Waals surface area contributed by atoms with Crippen LogP contribution in [-0.4, -0.2) is 44.4 Å². The number of aliphatic hydroxyl groups excluding tert-OH is 1. The van der Waals surface area contributed by atoms with Gasteiger partial charge in [0.05, 0.1) is 12.3 Å². The van der Waals surface area contributed by atoms with Crippen molar-refractivity contribution in [3.05, 3.63) is 29.6 Å². The van der Waals surface area contributed by atoms with Crippen LogP contribution in [0.4, 0.5) is 4.79 Å². The SMILES string of the molecule is O=C(O)N1CCC(O)(c2ncccc2CO)CC1. The summed E-state index contributed by atoms with van der Waals surface area (Å²) in [4.78, 5) is 16.2. The van der Waals surface area contributed by atoms with Crippen LogP contribution in [0.25, 0.3) is 0 Å². The number of carbonyl (C=O) groups is 1. The maximum atomic E-state index is 10.8. The summed E-state index contributed by atoms with van der Waals surface area (Å²) >= 11 is 0. The van der Waals surface area contributed by atoms with Crippen molar-refractivity contribution >= 4 is 6.09 Å². The van der Waals surface area contributed by atoms with E-state index in [4.69, 9.17) is 5.11 Å². The van der Waals surface area contributed by atoms with Gasteiger partial charge in [0.2, 0.25) is 0 Å². The quantitative estimate of drug-likeness (QED) is 0.714. The number of likely N-dealkylation sites (tertiary alicyclic amines) is 1. The Labute approximate surface area is 105 Å². The van der Waals surface area contributed by atoms with Crippen LogP contribution in [0.15, 0.2) is 18.3 Å². The van der Waals surface area contributed by atoms with Gasteiger partial charge in [-0.05, 0) is 18.9 Å². The van der Waals surface area contributed by atoms with Crippen molar-refractivity contribution in [1.29, 1.82) is 0 Å². The molecule has 2 heterocycles. The lowest BCUT2D eigenvalue weighted by molar-refractivity contribution is -0.0261. The summed E-state index contributed by atoms with van der Waals surface area (Å²) in [6.45, 7) is 0.356. The van der Waals surface area contributed by atoms with Gasteiger partial charge in [-0.15, -0.1) is 0 Å². The monoisotopic (exact) mass is 252 g/mol. The zero-order chi connectivity index (χ0) is 13.2. The molecule has 0 bridgehead atoms. The number of nitrogens with zero attached hydrogens (tertiary/aromatic N) is 2. The molecule has 1 saturated heterocycles. The van der Waals surface area contributed by atoms with Crippen molar-refractivity contribution in [1.82, 2.24) is 9.88 Å². The molecule has 0 radical (unpaired) electrons. The minimum absolute atomic E-state index is 0.186. The third kappa shape index (κ3) is 2.30. The molecular formula is C12H16N2O4. The van der Waals surface area contributed by atoms with Gasteiger partial charge in [0, 0.05) is 24.8 Å². The van der Waals surface area contributed by atoms with Gasteiger partial charge in [0.25, 0.3) is 0 Å². The first-order chi connectivity index (χ1) is 8.57. The van der Waals surface area contributed by atoms with Gasteiger partial charge < -0.3 is 20.2 Å². The van der Waals surface area contributed by atoms with E-state index in [1.807, 2.05) is 0 Å². The molecular weight excluding hydrogens is 236 g/mol. The van der Waals surface area contributed by atoms with Crippen LogP contribution in [0.3, 0.4) is 0 Å². The second-order valence-electron chi connectivity index (χ2n) is 4.47. The van der Waals surface area contributed by atoms with Crippen molar-refractivity contribution in [2.45, 2.75) is 25.0 Å². The number of rotatable bonds is 2. The molecule has 1 amide bonds. The zero-order valence-corrected chi connectivity index (χ0v) is 9.91. The Balaban J connectivity index is 2.20. The molecule has 6 heteroatoms. The molecule has 0 aromatic carbocycles. The van der Waals surface area contributed by atoms with Crippen LogP contribution in [0.2, 0.25) is 0 Å². The van der Waals surface area contributed by atoms with Crippen LogP contribution in [0.1, 0.15) is 24.1 Å². The molecule has 0 atom stereocenters. The first-order valence-corrected chi connectivity index (χ1v) is 5.82.